The molecule has 0 atom stereocenters. The lowest BCUT2D eigenvalue weighted by molar-refractivity contribution is -0.112. The van der Waals surface area contributed by atoms with Crippen molar-refractivity contribution in [1.82, 2.24) is 0 Å². The Morgan fingerprint density at radius 2 is 2.27 bits per heavy atom. The number of halogens is 1. The van der Waals surface area contributed by atoms with Crippen LogP contribution in [0.25, 0.3) is 0 Å². The van der Waals surface area contributed by atoms with Crippen LogP contribution in [0.2, 0.25) is 0 Å². The van der Waals surface area contributed by atoms with Gasteiger partial charge in [-0.1, -0.05) is 6.92 Å². The summed E-state index contributed by atoms with van der Waals surface area (Å²) >= 11 is 5.50. The van der Waals surface area contributed by atoms with Crippen LogP contribution in [0.15, 0.2) is 11.8 Å². The molecule has 0 spiro atoms. The Labute approximate surface area is 72.2 Å². The molecule has 0 aliphatic rings. The molecule has 0 bridgehead atoms. The fourth-order valence-electron chi connectivity index (χ4n) is 0.579. The van der Waals surface area contributed by atoms with Crippen LogP contribution in [0.1, 0.15) is 20.3 Å². The molecule has 0 fully saturated rings. The molecule has 0 aliphatic carbocycles. The Bertz CT molecular complexity index is 152. The zero-order valence-corrected chi connectivity index (χ0v) is 7.65. The van der Waals surface area contributed by atoms with Crippen molar-refractivity contribution in [2.75, 3.05) is 12.5 Å². The standard InChI is InChI=1S/C8H13ClO2/c1-3-4-11-8(6-9)5-7(2)10/h5H,3-4,6H2,1-2H3/b8-5+. The Morgan fingerprint density at radius 3 is 2.64 bits per heavy atom. The van der Waals surface area contributed by atoms with Gasteiger partial charge >= 0.3 is 0 Å². The molecule has 0 amide bonds. The Morgan fingerprint density at radius 1 is 1.64 bits per heavy atom. The topological polar surface area (TPSA) is 26.3 Å². The van der Waals surface area contributed by atoms with E-state index in [2.05, 4.69) is 0 Å². The summed E-state index contributed by atoms with van der Waals surface area (Å²) in [6.45, 7) is 4.09. The molecule has 0 saturated heterocycles. The minimum atomic E-state index is -0.0308. The number of ketones is 1. The largest absolute Gasteiger partial charge is 0.497 e. The van der Waals surface area contributed by atoms with Crippen LogP contribution in [-0.4, -0.2) is 18.3 Å². The molecule has 0 aromatic heterocycles. The molecule has 0 rings (SSSR count). The van der Waals surface area contributed by atoms with Gasteiger partial charge in [-0.25, -0.2) is 0 Å². The van der Waals surface area contributed by atoms with Gasteiger partial charge in [0, 0.05) is 6.08 Å². The smallest absolute Gasteiger partial charge is 0.155 e. The molecule has 0 unspecified atom stereocenters. The van der Waals surface area contributed by atoms with Gasteiger partial charge in [0.1, 0.15) is 5.76 Å². The van der Waals surface area contributed by atoms with E-state index in [1.807, 2.05) is 6.92 Å². The number of allylic oxidation sites excluding steroid dienone is 2. The molecule has 0 heterocycles. The molecule has 0 aliphatic heterocycles. The van der Waals surface area contributed by atoms with E-state index in [4.69, 9.17) is 16.3 Å². The van der Waals surface area contributed by atoms with E-state index in [0.717, 1.165) is 6.42 Å². The van der Waals surface area contributed by atoms with Crippen molar-refractivity contribution in [3.05, 3.63) is 11.8 Å². The van der Waals surface area contributed by atoms with Crippen molar-refractivity contribution in [2.24, 2.45) is 0 Å². The van der Waals surface area contributed by atoms with Gasteiger partial charge in [-0.05, 0) is 13.3 Å². The quantitative estimate of drug-likeness (QED) is 0.365. The number of hydrogen-bond donors (Lipinski definition) is 0. The van der Waals surface area contributed by atoms with Gasteiger partial charge in [-0.15, -0.1) is 11.6 Å². The number of rotatable bonds is 5. The lowest BCUT2D eigenvalue weighted by Crippen LogP contribution is -1.97. The minimum absolute atomic E-state index is 0.0308. The summed E-state index contributed by atoms with van der Waals surface area (Å²) in [6.07, 6.45) is 2.34. The maximum absolute atomic E-state index is 10.6. The van der Waals surface area contributed by atoms with E-state index in [9.17, 15) is 4.79 Å². The molecule has 0 N–H and O–H groups in total. The first kappa shape index (κ1) is 10.5. The summed E-state index contributed by atoms with van der Waals surface area (Å²) in [7, 11) is 0. The second-order valence-corrected chi connectivity index (χ2v) is 2.47. The third-order valence-corrected chi connectivity index (χ3v) is 1.25. The van der Waals surface area contributed by atoms with E-state index < -0.39 is 0 Å². The summed E-state index contributed by atoms with van der Waals surface area (Å²) in [4.78, 5) is 10.6. The van der Waals surface area contributed by atoms with Crippen LogP contribution in [-0.2, 0) is 9.53 Å². The number of alkyl halides is 1. The van der Waals surface area contributed by atoms with E-state index in [1.54, 1.807) is 0 Å². The van der Waals surface area contributed by atoms with Gasteiger partial charge in [0.25, 0.3) is 0 Å². The molecule has 11 heavy (non-hydrogen) atoms. The van der Waals surface area contributed by atoms with Crippen LogP contribution < -0.4 is 0 Å². The van der Waals surface area contributed by atoms with Crippen molar-refractivity contribution in [3.8, 4) is 0 Å². The van der Waals surface area contributed by atoms with Crippen LogP contribution in [0.3, 0.4) is 0 Å². The molecular formula is C8H13ClO2. The monoisotopic (exact) mass is 176 g/mol. The zero-order valence-electron chi connectivity index (χ0n) is 6.89. The summed E-state index contributed by atoms with van der Waals surface area (Å²) in [6, 6.07) is 0. The van der Waals surface area contributed by atoms with Gasteiger partial charge in [0.15, 0.2) is 5.78 Å². The first-order valence-corrected chi connectivity index (χ1v) is 4.14. The summed E-state index contributed by atoms with van der Waals surface area (Å²) < 4.78 is 5.16. The third kappa shape index (κ3) is 5.92. The SMILES string of the molecule is CCCO/C(=C/C(C)=O)CCl. The Hall–Kier alpha value is -0.500. The zero-order chi connectivity index (χ0) is 8.69. The minimum Gasteiger partial charge on any atom is -0.497 e. The maximum atomic E-state index is 10.6. The molecule has 0 aromatic rings. The highest BCUT2D eigenvalue weighted by Crippen LogP contribution is 2.01. The van der Waals surface area contributed by atoms with E-state index in [0.29, 0.717) is 12.4 Å². The number of ether oxygens (including phenoxy) is 1. The predicted octanol–water partition coefficient (Wildman–Crippen LogP) is 2.12. The summed E-state index contributed by atoms with van der Waals surface area (Å²) in [5.74, 6) is 0.789. The Balaban J connectivity index is 3.84. The molecule has 3 heteroatoms. The molecule has 64 valence electrons. The molecule has 0 saturated carbocycles. The normalized spacial score (nSPS) is 11.4. The lowest BCUT2D eigenvalue weighted by atomic mass is 10.4. The first-order valence-electron chi connectivity index (χ1n) is 3.60. The molecule has 0 radical (unpaired) electrons. The fraction of sp³-hybridized carbons (Fsp3) is 0.625. The van der Waals surface area contributed by atoms with Crippen molar-refractivity contribution >= 4 is 17.4 Å². The second kappa shape index (κ2) is 6.23. The average Bonchev–Trinajstić information content (AvgIpc) is 1.97. The van der Waals surface area contributed by atoms with E-state index in [1.165, 1.54) is 13.0 Å². The van der Waals surface area contributed by atoms with Gasteiger partial charge in [0.2, 0.25) is 0 Å². The maximum Gasteiger partial charge on any atom is 0.155 e. The Kier molecular flexibility index (Phi) is 5.94. The van der Waals surface area contributed by atoms with E-state index in [-0.39, 0.29) is 11.7 Å². The van der Waals surface area contributed by atoms with Gasteiger partial charge in [0.05, 0.1) is 12.5 Å². The van der Waals surface area contributed by atoms with Gasteiger partial charge < -0.3 is 4.74 Å². The fourth-order valence-corrected chi connectivity index (χ4v) is 0.733. The average molecular weight is 177 g/mol. The van der Waals surface area contributed by atoms with Crippen molar-refractivity contribution in [2.45, 2.75) is 20.3 Å². The highest BCUT2D eigenvalue weighted by molar-refractivity contribution is 6.19. The van der Waals surface area contributed by atoms with Crippen LogP contribution in [0.4, 0.5) is 0 Å². The summed E-state index contributed by atoms with van der Waals surface area (Å²) in [5.41, 5.74) is 0. The first-order chi connectivity index (χ1) is 5.20. The number of carbonyl (C=O) groups excluding carboxylic acids is 1. The molecule has 0 aromatic carbocycles. The van der Waals surface area contributed by atoms with Crippen LogP contribution in [0, 0.1) is 0 Å². The predicted molar refractivity (Wildman–Crippen MR) is 45.7 cm³/mol. The molecule has 2 nitrogen and oxygen atoms in total. The van der Waals surface area contributed by atoms with Gasteiger partial charge in [-0.3, -0.25) is 4.79 Å². The van der Waals surface area contributed by atoms with Crippen molar-refractivity contribution in [3.63, 3.8) is 0 Å². The van der Waals surface area contributed by atoms with Crippen LogP contribution >= 0.6 is 11.6 Å². The number of hydrogen-bond acceptors (Lipinski definition) is 2. The van der Waals surface area contributed by atoms with Crippen LogP contribution in [0.5, 0.6) is 0 Å². The lowest BCUT2D eigenvalue weighted by Gasteiger charge is -2.04. The van der Waals surface area contributed by atoms with Crippen molar-refractivity contribution < 1.29 is 9.53 Å². The number of carbonyl (C=O) groups is 1. The van der Waals surface area contributed by atoms with E-state index >= 15 is 0 Å². The van der Waals surface area contributed by atoms with Gasteiger partial charge in [-0.2, -0.15) is 0 Å². The second-order valence-electron chi connectivity index (χ2n) is 2.20. The highest BCUT2D eigenvalue weighted by atomic mass is 35.5. The van der Waals surface area contributed by atoms with Crippen molar-refractivity contribution in [1.29, 1.82) is 0 Å². The highest BCUT2D eigenvalue weighted by Gasteiger charge is 1.96. The summed E-state index contributed by atoms with van der Waals surface area (Å²) in [5, 5.41) is 0. The third-order valence-electron chi connectivity index (χ3n) is 0.988. The molecular weight excluding hydrogens is 164 g/mol.